The molecule has 0 unspecified atom stereocenters. The van der Waals surface area contributed by atoms with E-state index in [4.69, 9.17) is 14.2 Å². The Morgan fingerprint density at radius 2 is 1.84 bits per heavy atom. The quantitative estimate of drug-likeness (QED) is 0.543. The topological polar surface area (TPSA) is 62.6 Å². The Labute approximate surface area is 144 Å². The molecule has 0 aliphatic carbocycles. The molecule has 3 aromatic rings. The first-order valence-electron chi connectivity index (χ1n) is 7.92. The Morgan fingerprint density at radius 1 is 1.08 bits per heavy atom. The van der Waals surface area contributed by atoms with Gasteiger partial charge < -0.3 is 14.2 Å². The van der Waals surface area contributed by atoms with E-state index in [0.29, 0.717) is 36.0 Å². The molecule has 0 amide bonds. The second-order valence-electron chi connectivity index (χ2n) is 5.70. The van der Waals surface area contributed by atoms with Gasteiger partial charge in [0.2, 0.25) is 0 Å². The van der Waals surface area contributed by atoms with E-state index in [1.165, 1.54) is 0 Å². The van der Waals surface area contributed by atoms with Gasteiger partial charge in [0.15, 0.2) is 11.5 Å². The average Bonchev–Trinajstić information content (AvgIpc) is 3.08. The minimum absolute atomic E-state index is 0.418. The Hall–Kier alpha value is -3.28. The number of fused-ring (bicyclic) bond motifs is 1. The zero-order chi connectivity index (χ0) is 17.2. The molecule has 0 N–H and O–H groups in total. The fourth-order valence-corrected chi connectivity index (χ4v) is 2.56. The summed E-state index contributed by atoms with van der Waals surface area (Å²) >= 11 is 0. The highest BCUT2D eigenvalue weighted by atomic mass is 16.6. The van der Waals surface area contributed by atoms with Crippen molar-refractivity contribution in [1.29, 1.82) is 0 Å². The highest BCUT2D eigenvalue weighted by Crippen LogP contribution is 2.33. The van der Waals surface area contributed by atoms with E-state index >= 15 is 0 Å². The van der Waals surface area contributed by atoms with Gasteiger partial charge in [-0.1, -0.05) is 0 Å². The van der Waals surface area contributed by atoms with Crippen LogP contribution in [0.25, 0.3) is 5.69 Å². The summed E-state index contributed by atoms with van der Waals surface area (Å²) in [5.41, 5.74) is 2.41. The van der Waals surface area contributed by atoms with Crippen molar-refractivity contribution in [2.75, 3.05) is 13.2 Å². The third-order valence-corrected chi connectivity index (χ3v) is 3.80. The Morgan fingerprint density at radius 3 is 2.56 bits per heavy atom. The molecule has 2 heterocycles. The van der Waals surface area contributed by atoms with Crippen LogP contribution in [0.2, 0.25) is 0 Å². The lowest BCUT2D eigenvalue weighted by molar-refractivity contribution is 0.0733. The van der Waals surface area contributed by atoms with Crippen LogP contribution in [0.4, 0.5) is 0 Å². The van der Waals surface area contributed by atoms with Crippen LogP contribution in [0.15, 0.2) is 54.9 Å². The van der Waals surface area contributed by atoms with Crippen LogP contribution in [0.1, 0.15) is 15.9 Å². The molecule has 0 saturated carbocycles. The summed E-state index contributed by atoms with van der Waals surface area (Å²) in [6.07, 6.45) is 3.70. The van der Waals surface area contributed by atoms with Crippen LogP contribution in [0, 0.1) is 6.92 Å². The van der Waals surface area contributed by atoms with Gasteiger partial charge in [-0.3, -0.25) is 0 Å². The summed E-state index contributed by atoms with van der Waals surface area (Å²) in [7, 11) is 0. The second-order valence-corrected chi connectivity index (χ2v) is 5.70. The number of aryl methyl sites for hydroxylation is 1. The number of carbonyl (C=O) groups excluding carboxylic acids is 1. The highest BCUT2D eigenvalue weighted by molar-refractivity contribution is 5.91. The van der Waals surface area contributed by atoms with Crippen molar-refractivity contribution in [2.45, 2.75) is 6.92 Å². The maximum absolute atomic E-state index is 12.3. The summed E-state index contributed by atoms with van der Waals surface area (Å²) in [6, 6.07) is 12.2. The number of nitrogens with zero attached hydrogens (tertiary/aromatic N) is 2. The number of esters is 1. The molecule has 0 fully saturated rings. The molecule has 6 heteroatoms. The van der Waals surface area contributed by atoms with E-state index in [-0.39, 0.29) is 0 Å². The van der Waals surface area contributed by atoms with E-state index in [0.717, 1.165) is 11.3 Å². The summed E-state index contributed by atoms with van der Waals surface area (Å²) < 4.78 is 18.1. The Bertz CT molecular complexity index is 915. The number of carbonyl (C=O) groups is 1. The molecular formula is C19H16N2O4. The van der Waals surface area contributed by atoms with Crippen molar-refractivity contribution in [1.82, 2.24) is 9.78 Å². The minimum Gasteiger partial charge on any atom is -0.486 e. The number of rotatable bonds is 3. The van der Waals surface area contributed by atoms with Crippen molar-refractivity contribution in [3.63, 3.8) is 0 Å². The third-order valence-electron chi connectivity index (χ3n) is 3.80. The monoisotopic (exact) mass is 336 g/mol. The molecule has 25 heavy (non-hydrogen) atoms. The van der Waals surface area contributed by atoms with Gasteiger partial charge in [-0.2, -0.15) is 5.10 Å². The van der Waals surface area contributed by atoms with E-state index in [1.807, 2.05) is 25.3 Å². The third kappa shape index (κ3) is 3.19. The van der Waals surface area contributed by atoms with Gasteiger partial charge in [0.05, 0.1) is 17.4 Å². The molecule has 2 aromatic carbocycles. The lowest BCUT2D eigenvalue weighted by Crippen LogP contribution is -2.15. The molecule has 0 radical (unpaired) electrons. The molecule has 6 nitrogen and oxygen atoms in total. The smallest absolute Gasteiger partial charge is 0.343 e. The number of benzene rings is 2. The van der Waals surface area contributed by atoms with Crippen molar-refractivity contribution < 1.29 is 19.0 Å². The van der Waals surface area contributed by atoms with Crippen LogP contribution in [-0.2, 0) is 0 Å². The largest absolute Gasteiger partial charge is 0.486 e. The van der Waals surface area contributed by atoms with Gasteiger partial charge in [-0.15, -0.1) is 0 Å². The molecule has 0 saturated heterocycles. The SMILES string of the molecule is Cc1cnn(-c2ccc(C(=O)Oc3ccc4c(c3)OCCO4)cc2)c1. The first kappa shape index (κ1) is 15.3. The molecule has 1 aliphatic rings. The molecule has 0 atom stereocenters. The summed E-state index contributed by atoms with van der Waals surface area (Å²) in [5, 5.41) is 4.24. The molecule has 0 bridgehead atoms. The zero-order valence-electron chi connectivity index (χ0n) is 13.6. The van der Waals surface area contributed by atoms with E-state index in [1.54, 1.807) is 41.2 Å². The van der Waals surface area contributed by atoms with Crippen LogP contribution < -0.4 is 14.2 Å². The van der Waals surface area contributed by atoms with E-state index in [9.17, 15) is 4.79 Å². The fourth-order valence-electron chi connectivity index (χ4n) is 2.56. The molecule has 4 rings (SSSR count). The van der Waals surface area contributed by atoms with Gasteiger partial charge in [0.25, 0.3) is 0 Å². The zero-order valence-corrected chi connectivity index (χ0v) is 13.6. The van der Waals surface area contributed by atoms with Crippen LogP contribution in [0.5, 0.6) is 17.2 Å². The maximum atomic E-state index is 12.3. The van der Waals surface area contributed by atoms with E-state index < -0.39 is 5.97 Å². The highest BCUT2D eigenvalue weighted by Gasteiger charge is 2.15. The minimum atomic E-state index is -0.431. The standard InChI is InChI=1S/C19H16N2O4/c1-13-11-20-21(12-13)15-4-2-14(3-5-15)19(22)25-16-6-7-17-18(10-16)24-9-8-23-17/h2-7,10-12H,8-9H2,1H3. The molecule has 126 valence electrons. The normalized spacial score (nSPS) is 12.7. The lowest BCUT2D eigenvalue weighted by atomic mass is 10.2. The van der Waals surface area contributed by atoms with Crippen LogP contribution in [-0.4, -0.2) is 29.0 Å². The van der Waals surface area contributed by atoms with Crippen LogP contribution >= 0.6 is 0 Å². The van der Waals surface area contributed by atoms with Crippen molar-refractivity contribution in [3.05, 3.63) is 66.0 Å². The molecule has 0 spiro atoms. The van der Waals surface area contributed by atoms with Gasteiger partial charge in [-0.05, 0) is 48.9 Å². The number of hydrogen-bond donors (Lipinski definition) is 0. The Balaban J connectivity index is 1.49. The fraction of sp³-hybridized carbons (Fsp3) is 0.158. The summed E-state index contributed by atoms with van der Waals surface area (Å²) in [6.45, 7) is 2.98. The van der Waals surface area contributed by atoms with Gasteiger partial charge in [0.1, 0.15) is 19.0 Å². The number of ether oxygens (including phenoxy) is 3. The number of hydrogen-bond acceptors (Lipinski definition) is 5. The van der Waals surface area contributed by atoms with E-state index in [2.05, 4.69) is 5.10 Å². The Kier molecular flexibility index (Phi) is 3.85. The summed E-state index contributed by atoms with van der Waals surface area (Å²) in [4.78, 5) is 12.3. The molecule has 1 aliphatic heterocycles. The van der Waals surface area contributed by atoms with Crippen LogP contribution in [0.3, 0.4) is 0 Å². The average molecular weight is 336 g/mol. The van der Waals surface area contributed by atoms with Gasteiger partial charge in [0, 0.05) is 12.3 Å². The molecule has 1 aromatic heterocycles. The van der Waals surface area contributed by atoms with Gasteiger partial charge in [-0.25, -0.2) is 9.48 Å². The first-order chi connectivity index (χ1) is 12.2. The van der Waals surface area contributed by atoms with Crippen molar-refractivity contribution >= 4 is 5.97 Å². The lowest BCUT2D eigenvalue weighted by Gasteiger charge is -2.18. The number of aromatic nitrogens is 2. The van der Waals surface area contributed by atoms with Gasteiger partial charge >= 0.3 is 5.97 Å². The second kappa shape index (κ2) is 6.32. The first-order valence-corrected chi connectivity index (χ1v) is 7.92. The summed E-state index contributed by atoms with van der Waals surface area (Å²) in [5.74, 6) is 1.23. The van der Waals surface area contributed by atoms with Crippen molar-refractivity contribution in [2.24, 2.45) is 0 Å². The molecular weight excluding hydrogens is 320 g/mol. The maximum Gasteiger partial charge on any atom is 0.343 e. The predicted octanol–water partition coefficient (Wildman–Crippen LogP) is 3.17. The predicted molar refractivity (Wildman–Crippen MR) is 90.7 cm³/mol. The van der Waals surface area contributed by atoms with Crippen molar-refractivity contribution in [3.8, 4) is 22.9 Å².